The fraction of sp³-hybridized carbons (Fsp3) is 0.273. The highest BCUT2D eigenvalue weighted by molar-refractivity contribution is 6.35. The Morgan fingerprint density at radius 3 is 2.36 bits per heavy atom. The summed E-state index contributed by atoms with van der Waals surface area (Å²) in [6.45, 7) is 6.23. The molecule has 0 aliphatic rings. The molecule has 2 rings (SSSR count). The van der Waals surface area contributed by atoms with Crippen molar-refractivity contribution in [3.05, 3.63) is 75.4 Å². The van der Waals surface area contributed by atoms with E-state index in [1.54, 1.807) is 30.3 Å². The highest BCUT2D eigenvalue weighted by Crippen LogP contribution is 2.28. The number of rotatable bonds is 7. The maximum absolute atomic E-state index is 12.9. The Morgan fingerprint density at radius 2 is 1.79 bits per heavy atom. The number of carbonyl (C=O) groups is 2. The average molecular weight is 419 g/mol. The van der Waals surface area contributed by atoms with Crippen LogP contribution in [0.1, 0.15) is 44.4 Å². The number of benzene rings is 2. The van der Waals surface area contributed by atoms with Gasteiger partial charge in [-0.25, -0.2) is 0 Å². The van der Waals surface area contributed by atoms with E-state index in [9.17, 15) is 9.59 Å². The van der Waals surface area contributed by atoms with Crippen molar-refractivity contribution >= 4 is 41.6 Å². The van der Waals surface area contributed by atoms with Crippen LogP contribution < -0.4 is 10.6 Å². The van der Waals surface area contributed by atoms with Gasteiger partial charge in [-0.2, -0.15) is 0 Å². The number of carbonyl (C=O) groups excluding carboxylic acids is 2. The van der Waals surface area contributed by atoms with Gasteiger partial charge in [0.2, 0.25) is 6.41 Å². The van der Waals surface area contributed by atoms with E-state index in [0.717, 1.165) is 5.56 Å². The third-order valence-electron chi connectivity index (χ3n) is 3.93. The second kappa shape index (κ2) is 9.76. The monoisotopic (exact) mass is 418 g/mol. The number of hydrogen-bond donors (Lipinski definition) is 2. The first-order chi connectivity index (χ1) is 13.2. The van der Waals surface area contributed by atoms with Crippen molar-refractivity contribution in [2.75, 3.05) is 0 Å². The van der Waals surface area contributed by atoms with E-state index in [0.29, 0.717) is 34.1 Å². The number of hydrogen-bond acceptors (Lipinski definition) is 2. The average Bonchev–Trinajstić information content (AvgIpc) is 2.61. The highest BCUT2D eigenvalue weighted by Gasteiger charge is 2.22. The Labute approximate surface area is 175 Å². The molecule has 0 unspecified atom stereocenters. The Bertz CT molecular complexity index is 859. The normalized spacial score (nSPS) is 13.0. The topological polar surface area (TPSA) is 58.2 Å². The molecule has 1 atom stereocenters. The Balaban J connectivity index is 2.34. The summed E-state index contributed by atoms with van der Waals surface area (Å²) in [4.78, 5) is 24.0. The van der Waals surface area contributed by atoms with Gasteiger partial charge in [-0.15, -0.1) is 0 Å². The van der Waals surface area contributed by atoms with E-state index in [-0.39, 0.29) is 11.3 Å². The largest absolute Gasteiger partial charge is 0.343 e. The molecule has 28 heavy (non-hydrogen) atoms. The van der Waals surface area contributed by atoms with Crippen LogP contribution in [0.25, 0.3) is 6.08 Å². The van der Waals surface area contributed by atoms with Crippen LogP contribution in [0.3, 0.4) is 0 Å². The minimum atomic E-state index is -0.789. The highest BCUT2D eigenvalue weighted by atomic mass is 35.5. The zero-order chi connectivity index (χ0) is 20.7. The van der Waals surface area contributed by atoms with Gasteiger partial charge in [0, 0.05) is 15.7 Å². The molecule has 0 bridgehead atoms. The van der Waals surface area contributed by atoms with Gasteiger partial charge < -0.3 is 10.6 Å². The fourth-order valence-corrected chi connectivity index (χ4v) is 3.24. The summed E-state index contributed by atoms with van der Waals surface area (Å²) >= 11 is 12.3. The molecule has 2 aromatic rings. The number of nitrogens with one attached hydrogen (secondary N) is 2. The molecule has 0 fully saturated rings. The van der Waals surface area contributed by atoms with Gasteiger partial charge in [-0.05, 0) is 41.2 Å². The molecule has 4 nitrogen and oxygen atoms in total. The maximum Gasteiger partial charge on any atom is 0.251 e. The van der Waals surface area contributed by atoms with Crippen molar-refractivity contribution in [2.24, 2.45) is 5.41 Å². The van der Waals surface area contributed by atoms with Crippen LogP contribution in [0, 0.1) is 5.41 Å². The summed E-state index contributed by atoms with van der Waals surface area (Å²) in [5.41, 5.74) is 2.09. The van der Waals surface area contributed by atoms with Crippen molar-refractivity contribution in [3.8, 4) is 0 Å². The Kier molecular flexibility index (Phi) is 7.67. The molecule has 2 N–H and O–H groups in total. The number of halogens is 2. The van der Waals surface area contributed by atoms with Gasteiger partial charge in [0.05, 0.1) is 0 Å². The zero-order valence-electron chi connectivity index (χ0n) is 16.1. The zero-order valence-corrected chi connectivity index (χ0v) is 17.6. The van der Waals surface area contributed by atoms with E-state index in [4.69, 9.17) is 23.2 Å². The summed E-state index contributed by atoms with van der Waals surface area (Å²) in [5.74, 6) is -0.320. The van der Waals surface area contributed by atoms with E-state index in [1.807, 2.05) is 24.3 Å². The quantitative estimate of drug-likeness (QED) is 0.593. The third kappa shape index (κ3) is 6.70. The van der Waals surface area contributed by atoms with E-state index in [1.165, 1.54) is 0 Å². The molecule has 0 saturated carbocycles. The first kappa shape index (κ1) is 22.0. The standard InChI is InChI=1S/C22H24Cl2N2O2/c1-22(2,3)13-18(11-16-9-10-17(23)12-19(16)24)26-21(28)20(25-14-27)15-7-5-4-6-8-15/h4-12,14,20H,13H2,1-3H3,(H,25,27)(H,26,28)/b18-11-/t20-/m1/s1. The Hall–Kier alpha value is -2.30. The van der Waals surface area contributed by atoms with Crippen LogP contribution in [-0.4, -0.2) is 12.3 Å². The smallest absolute Gasteiger partial charge is 0.251 e. The summed E-state index contributed by atoms with van der Waals surface area (Å²) in [6, 6.07) is 13.5. The molecule has 0 aromatic heterocycles. The van der Waals surface area contributed by atoms with Gasteiger partial charge in [0.25, 0.3) is 5.91 Å². The molecule has 6 heteroatoms. The first-order valence-corrected chi connectivity index (χ1v) is 9.66. The Morgan fingerprint density at radius 1 is 1.11 bits per heavy atom. The lowest BCUT2D eigenvalue weighted by Gasteiger charge is -2.23. The summed E-state index contributed by atoms with van der Waals surface area (Å²) < 4.78 is 0. The van der Waals surface area contributed by atoms with Crippen molar-refractivity contribution in [1.82, 2.24) is 10.6 Å². The molecule has 0 saturated heterocycles. The molecule has 0 heterocycles. The molecule has 0 aliphatic heterocycles. The van der Waals surface area contributed by atoms with Gasteiger partial charge in [-0.3, -0.25) is 9.59 Å². The maximum atomic E-state index is 12.9. The lowest BCUT2D eigenvalue weighted by molar-refractivity contribution is -0.125. The predicted octanol–water partition coefficient (Wildman–Crippen LogP) is 5.37. The van der Waals surface area contributed by atoms with Crippen LogP contribution in [0.4, 0.5) is 0 Å². The summed E-state index contributed by atoms with van der Waals surface area (Å²) in [5, 5.41) is 6.59. The molecule has 2 aromatic carbocycles. The molecule has 0 spiro atoms. The van der Waals surface area contributed by atoms with Crippen LogP contribution in [0.2, 0.25) is 10.0 Å². The third-order valence-corrected chi connectivity index (χ3v) is 4.49. The lowest BCUT2D eigenvalue weighted by Crippen LogP contribution is -2.37. The number of allylic oxidation sites excluding steroid dienone is 1. The van der Waals surface area contributed by atoms with Crippen LogP contribution >= 0.6 is 23.2 Å². The fourth-order valence-electron chi connectivity index (χ4n) is 2.78. The molecule has 2 amide bonds. The molecule has 0 aliphatic carbocycles. The van der Waals surface area contributed by atoms with Gasteiger partial charge in [-0.1, -0.05) is 80.4 Å². The number of amides is 2. The molecular formula is C22H24Cl2N2O2. The van der Waals surface area contributed by atoms with Crippen LogP contribution in [0.15, 0.2) is 54.2 Å². The summed E-state index contributed by atoms with van der Waals surface area (Å²) in [7, 11) is 0. The second-order valence-corrected chi connectivity index (χ2v) is 8.53. The van der Waals surface area contributed by atoms with Crippen molar-refractivity contribution in [1.29, 1.82) is 0 Å². The van der Waals surface area contributed by atoms with Gasteiger partial charge >= 0.3 is 0 Å². The van der Waals surface area contributed by atoms with E-state index < -0.39 is 6.04 Å². The van der Waals surface area contributed by atoms with Gasteiger partial charge in [0.15, 0.2) is 0 Å². The van der Waals surface area contributed by atoms with Crippen LogP contribution in [-0.2, 0) is 9.59 Å². The van der Waals surface area contributed by atoms with Crippen molar-refractivity contribution in [3.63, 3.8) is 0 Å². The predicted molar refractivity (Wildman–Crippen MR) is 115 cm³/mol. The first-order valence-electron chi connectivity index (χ1n) is 8.91. The van der Waals surface area contributed by atoms with Crippen molar-refractivity contribution < 1.29 is 9.59 Å². The molecule has 0 radical (unpaired) electrons. The summed E-state index contributed by atoms with van der Waals surface area (Å²) in [6.07, 6.45) is 2.98. The van der Waals surface area contributed by atoms with E-state index >= 15 is 0 Å². The molecular weight excluding hydrogens is 395 g/mol. The molecule has 148 valence electrons. The second-order valence-electron chi connectivity index (χ2n) is 7.69. The SMILES string of the molecule is CC(C)(C)C/C(=C/c1ccc(Cl)cc1Cl)NC(=O)[C@H](NC=O)c1ccccc1. The minimum Gasteiger partial charge on any atom is -0.343 e. The van der Waals surface area contributed by atoms with Crippen LogP contribution in [0.5, 0.6) is 0 Å². The minimum absolute atomic E-state index is 0.0711. The van der Waals surface area contributed by atoms with Crippen molar-refractivity contribution in [2.45, 2.75) is 33.2 Å². The van der Waals surface area contributed by atoms with E-state index in [2.05, 4.69) is 31.4 Å². The lowest BCUT2D eigenvalue weighted by atomic mass is 9.89. The van der Waals surface area contributed by atoms with Gasteiger partial charge in [0.1, 0.15) is 6.04 Å².